The summed E-state index contributed by atoms with van der Waals surface area (Å²) in [4.78, 5) is 11.9. The number of hydrogen-bond donors (Lipinski definition) is 1. The molecule has 0 saturated carbocycles. The topological polar surface area (TPSA) is 29.1 Å². The highest BCUT2D eigenvalue weighted by atomic mass is 16.1. The Morgan fingerprint density at radius 1 is 0.870 bits per heavy atom. The number of unbranched alkanes of at least 4 members (excludes halogenated alkanes) is 8. The summed E-state index contributed by atoms with van der Waals surface area (Å²) < 4.78 is 0. The van der Waals surface area contributed by atoms with Gasteiger partial charge in [-0.05, 0) is 30.0 Å². The van der Waals surface area contributed by atoms with Gasteiger partial charge in [-0.25, -0.2) is 0 Å². The maximum Gasteiger partial charge on any atom is 0.224 e. The van der Waals surface area contributed by atoms with Crippen LogP contribution in [0.15, 0.2) is 24.3 Å². The second-order valence-corrected chi connectivity index (χ2v) is 6.90. The molecule has 0 saturated heterocycles. The van der Waals surface area contributed by atoms with E-state index in [2.05, 4.69) is 38.2 Å². The number of rotatable bonds is 12. The molecule has 1 aromatic rings. The molecule has 130 valence electrons. The van der Waals surface area contributed by atoms with E-state index in [1.807, 2.05) is 12.1 Å². The molecule has 0 aliphatic rings. The molecule has 0 atom stereocenters. The van der Waals surface area contributed by atoms with Gasteiger partial charge in [0, 0.05) is 12.1 Å². The Morgan fingerprint density at radius 3 is 1.91 bits per heavy atom. The van der Waals surface area contributed by atoms with Gasteiger partial charge in [0.15, 0.2) is 0 Å². The molecule has 0 fully saturated rings. The minimum atomic E-state index is 0.144. The molecule has 0 heterocycles. The van der Waals surface area contributed by atoms with Crippen molar-refractivity contribution in [1.29, 1.82) is 0 Å². The van der Waals surface area contributed by atoms with Crippen molar-refractivity contribution in [2.45, 2.75) is 90.9 Å². The Hall–Kier alpha value is -1.31. The summed E-state index contributed by atoms with van der Waals surface area (Å²) in [6.45, 7) is 6.61. The summed E-state index contributed by atoms with van der Waals surface area (Å²) in [6.07, 6.45) is 12.2. The van der Waals surface area contributed by atoms with Gasteiger partial charge in [-0.3, -0.25) is 4.79 Å². The van der Waals surface area contributed by atoms with Gasteiger partial charge in [0.1, 0.15) is 0 Å². The predicted octanol–water partition coefficient (Wildman–Crippen LogP) is 6.67. The lowest BCUT2D eigenvalue weighted by Gasteiger charge is -2.08. The fourth-order valence-corrected chi connectivity index (χ4v) is 2.77. The van der Waals surface area contributed by atoms with Crippen molar-refractivity contribution in [2.24, 2.45) is 0 Å². The molecule has 0 aliphatic carbocycles. The molecule has 2 nitrogen and oxygen atoms in total. The molecular formula is C21H35NO. The zero-order valence-corrected chi connectivity index (χ0v) is 15.4. The van der Waals surface area contributed by atoms with E-state index in [9.17, 15) is 4.79 Å². The van der Waals surface area contributed by atoms with Crippen LogP contribution in [0.3, 0.4) is 0 Å². The fraction of sp³-hybridized carbons (Fsp3) is 0.667. The summed E-state index contributed by atoms with van der Waals surface area (Å²) in [5.41, 5.74) is 2.22. The van der Waals surface area contributed by atoms with Crippen LogP contribution in [0.1, 0.15) is 96.5 Å². The monoisotopic (exact) mass is 317 g/mol. The molecular weight excluding hydrogens is 282 g/mol. The standard InChI is InChI=1S/C21H35NO/c1-4-5-6-7-8-9-10-11-12-13-21(23)22-20-16-14-19(15-17-20)18(2)3/h14-18H,4-13H2,1-3H3,(H,22,23). The van der Waals surface area contributed by atoms with E-state index in [-0.39, 0.29) is 5.91 Å². The Balaban J connectivity index is 2.06. The summed E-state index contributed by atoms with van der Waals surface area (Å²) in [5.74, 6) is 0.673. The van der Waals surface area contributed by atoms with Crippen molar-refractivity contribution < 1.29 is 4.79 Å². The quantitative estimate of drug-likeness (QED) is 0.428. The number of benzene rings is 1. The van der Waals surface area contributed by atoms with Crippen molar-refractivity contribution in [3.8, 4) is 0 Å². The molecule has 0 aromatic heterocycles. The molecule has 0 aliphatic heterocycles. The smallest absolute Gasteiger partial charge is 0.224 e. The summed E-state index contributed by atoms with van der Waals surface area (Å²) in [5, 5.41) is 2.99. The van der Waals surface area contributed by atoms with Crippen molar-refractivity contribution >= 4 is 11.6 Å². The van der Waals surface area contributed by atoms with Gasteiger partial charge >= 0.3 is 0 Å². The Bertz CT molecular complexity index is 422. The zero-order valence-electron chi connectivity index (χ0n) is 15.4. The largest absolute Gasteiger partial charge is 0.326 e. The van der Waals surface area contributed by atoms with Crippen LogP contribution in [0.2, 0.25) is 0 Å². The molecule has 1 N–H and O–H groups in total. The van der Waals surface area contributed by atoms with Crippen molar-refractivity contribution in [1.82, 2.24) is 0 Å². The van der Waals surface area contributed by atoms with E-state index in [1.54, 1.807) is 0 Å². The molecule has 1 rings (SSSR count). The molecule has 0 bridgehead atoms. The Morgan fingerprint density at radius 2 is 1.39 bits per heavy atom. The van der Waals surface area contributed by atoms with E-state index in [4.69, 9.17) is 0 Å². The Kier molecular flexibility index (Phi) is 10.4. The predicted molar refractivity (Wildman–Crippen MR) is 101 cm³/mol. The second kappa shape index (κ2) is 12.2. The van der Waals surface area contributed by atoms with E-state index in [0.29, 0.717) is 12.3 Å². The lowest BCUT2D eigenvalue weighted by molar-refractivity contribution is -0.116. The van der Waals surface area contributed by atoms with Crippen molar-refractivity contribution in [2.75, 3.05) is 5.32 Å². The highest BCUT2D eigenvalue weighted by molar-refractivity contribution is 5.90. The third-order valence-corrected chi connectivity index (χ3v) is 4.37. The number of amides is 1. The lowest BCUT2D eigenvalue weighted by Crippen LogP contribution is -2.11. The van der Waals surface area contributed by atoms with Gasteiger partial charge in [-0.2, -0.15) is 0 Å². The molecule has 0 radical (unpaired) electrons. The molecule has 0 spiro atoms. The van der Waals surface area contributed by atoms with E-state index in [0.717, 1.165) is 12.1 Å². The van der Waals surface area contributed by atoms with Crippen LogP contribution < -0.4 is 5.32 Å². The van der Waals surface area contributed by atoms with Gasteiger partial charge < -0.3 is 5.32 Å². The van der Waals surface area contributed by atoms with Crippen molar-refractivity contribution in [3.05, 3.63) is 29.8 Å². The minimum Gasteiger partial charge on any atom is -0.326 e. The number of anilines is 1. The van der Waals surface area contributed by atoms with E-state index >= 15 is 0 Å². The summed E-state index contributed by atoms with van der Waals surface area (Å²) in [7, 11) is 0. The first kappa shape index (κ1) is 19.7. The maximum atomic E-state index is 11.9. The van der Waals surface area contributed by atoms with Crippen LogP contribution in [0.4, 0.5) is 5.69 Å². The van der Waals surface area contributed by atoms with E-state index in [1.165, 1.54) is 56.9 Å². The molecule has 0 unspecified atom stereocenters. The normalized spacial score (nSPS) is 11.0. The number of hydrogen-bond acceptors (Lipinski definition) is 1. The SMILES string of the molecule is CCCCCCCCCCCC(=O)Nc1ccc(C(C)C)cc1. The molecule has 2 heteroatoms. The molecule has 1 amide bonds. The van der Waals surface area contributed by atoms with Gasteiger partial charge in [-0.1, -0.05) is 84.3 Å². The first-order chi connectivity index (χ1) is 11.1. The molecule has 1 aromatic carbocycles. The fourth-order valence-electron chi connectivity index (χ4n) is 2.77. The van der Waals surface area contributed by atoms with Crippen LogP contribution in [0, 0.1) is 0 Å². The average molecular weight is 318 g/mol. The highest BCUT2D eigenvalue weighted by Crippen LogP contribution is 2.17. The summed E-state index contributed by atoms with van der Waals surface area (Å²) in [6, 6.07) is 8.20. The first-order valence-electron chi connectivity index (χ1n) is 9.53. The Labute approximate surface area is 143 Å². The third-order valence-electron chi connectivity index (χ3n) is 4.37. The number of carbonyl (C=O) groups excluding carboxylic acids is 1. The zero-order chi connectivity index (χ0) is 16.9. The lowest BCUT2D eigenvalue weighted by atomic mass is 10.0. The minimum absolute atomic E-state index is 0.144. The molecule has 23 heavy (non-hydrogen) atoms. The first-order valence-corrected chi connectivity index (χ1v) is 9.53. The van der Waals surface area contributed by atoms with Crippen LogP contribution in [-0.4, -0.2) is 5.91 Å². The van der Waals surface area contributed by atoms with Gasteiger partial charge in [-0.15, -0.1) is 0 Å². The van der Waals surface area contributed by atoms with Gasteiger partial charge in [0.2, 0.25) is 5.91 Å². The number of nitrogens with one attached hydrogen (secondary N) is 1. The van der Waals surface area contributed by atoms with Crippen LogP contribution >= 0.6 is 0 Å². The van der Waals surface area contributed by atoms with Crippen molar-refractivity contribution in [3.63, 3.8) is 0 Å². The maximum absolute atomic E-state index is 11.9. The highest BCUT2D eigenvalue weighted by Gasteiger charge is 2.03. The number of carbonyl (C=O) groups is 1. The van der Waals surface area contributed by atoms with E-state index < -0.39 is 0 Å². The average Bonchev–Trinajstić information content (AvgIpc) is 2.54. The van der Waals surface area contributed by atoms with Crippen LogP contribution in [0.25, 0.3) is 0 Å². The second-order valence-electron chi connectivity index (χ2n) is 6.90. The van der Waals surface area contributed by atoms with Gasteiger partial charge in [0.05, 0.1) is 0 Å². The van der Waals surface area contributed by atoms with Crippen LogP contribution in [0.5, 0.6) is 0 Å². The van der Waals surface area contributed by atoms with Crippen LogP contribution in [-0.2, 0) is 4.79 Å². The summed E-state index contributed by atoms with van der Waals surface area (Å²) >= 11 is 0. The van der Waals surface area contributed by atoms with Gasteiger partial charge in [0.25, 0.3) is 0 Å². The third kappa shape index (κ3) is 9.43.